The van der Waals surface area contributed by atoms with E-state index >= 15 is 0 Å². The molecule has 0 aliphatic rings. The van der Waals surface area contributed by atoms with Crippen LogP contribution in [-0.2, 0) is 4.79 Å². The Morgan fingerprint density at radius 1 is 1.35 bits per heavy atom. The highest BCUT2D eigenvalue weighted by atomic mass is 19.1. The van der Waals surface area contributed by atoms with Crippen LogP contribution in [0.5, 0.6) is 0 Å². The number of aliphatic carboxylic acids is 1. The molecule has 110 valence electrons. The number of carbonyl (C=O) groups is 2. The number of benzene rings is 1. The molecule has 1 aromatic carbocycles. The van der Waals surface area contributed by atoms with Crippen LogP contribution in [0.1, 0.15) is 24.9 Å². The normalized spacial score (nSPS) is 13.3. The Labute approximate surface area is 115 Å². The summed E-state index contributed by atoms with van der Waals surface area (Å²) >= 11 is 0. The number of aliphatic hydroxyl groups is 1. The second kappa shape index (κ2) is 7.44. The number of hydrogen-bond donors (Lipinski definition) is 4. The fraction of sp³-hybridized carbons (Fsp3) is 0.385. The van der Waals surface area contributed by atoms with Crippen LogP contribution in [0.3, 0.4) is 0 Å². The molecule has 0 aromatic heterocycles. The summed E-state index contributed by atoms with van der Waals surface area (Å²) < 4.78 is 13.0. The third-order valence-electron chi connectivity index (χ3n) is 2.72. The molecule has 0 radical (unpaired) electrons. The third-order valence-corrected chi connectivity index (χ3v) is 2.72. The van der Waals surface area contributed by atoms with Gasteiger partial charge in [0.05, 0.1) is 6.04 Å². The number of hydrogen-bond acceptors (Lipinski definition) is 3. The Morgan fingerprint density at radius 3 is 2.60 bits per heavy atom. The molecular formula is C13H17FN2O4. The van der Waals surface area contributed by atoms with Gasteiger partial charge < -0.3 is 20.8 Å². The lowest BCUT2D eigenvalue weighted by Crippen LogP contribution is -2.47. The van der Waals surface area contributed by atoms with Gasteiger partial charge in [0.25, 0.3) is 0 Å². The zero-order valence-electron chi connectivity index (χ0n) is 11.0. The molecule has 0 saturated carbocycles. The summed E-state index contributed by atoms with van der Waals surface area (Å²) in [6.07, 6.45) is -0.0862. The minimum atomic E-state index is -1.23. The third kappa shape index (κ3) is 4.85. The Morgan fingerprint density at radius 2 is 2.05 bits per heavy atom. The van der Waals surface area contributed by atoms with E-state index in [0.717, 1.165) is 0 Å². The summed E-state index contributed by atoms with van der Waals surface area (Å²) in [5.74, 6) is -1.65. The maximum Gasteiger partial charge on any atom is 0.326 e. The molecule has 1 unspecified atom stereocenters. The van der Waals surface area contributed by atoms with Crippen LogP contribution < -0.4 is 10.6 Å². The van der Waals surface area contributed by atoms with Crippen molar-refractivity contribution in [2.45, 2.75) is 25.4 Å². The number of carboxylic acid groups (broad SMARTS) is 1. The van der Waals surface area contributed by atoms with Gasteiger partial charge in [-0.1, -0.05) is 12.1 Å². The topological polar surface area (TPSA) is 98.7 Å². The van der Waals surface area contributed by atoms with Crippen molar-refractivity contribution < 1.29 is 24.2 Å². The lowest BCUT2D eigenvalue weighted by atomic mass is 10.1. The lowest BCUT2D eigenvalue weighted by molar-refractivity contribution is -0.139. The summed E-state index contributed by atoms with van der Waals surface area (Å²) in [6, 6.07) is 3.41. The molecule has 1 rings (SSSR count). The number of rotatable bonds is 6. The Hall–Kier alpha value is -2.15. The van der Waals surface area contributed by atoms with Crippen molar-refractivity contribution in [3.8, 4) is 0 Å². The van der Waals surface area contributed by atoms with E-state index in [1.165, 1.54) is 18.2 Å². The zero-order chi connectivity index (χ0) is 15.1. The van der Waals surface area contributed by atoms with Crippen molar-refractivity contribution in [1.82, 2.24) is 10.6 Å². The van der Waals surface area contributed by atoms with E-state index in [2.05, 4.69) is 10.6 Å². The van der Waals surface area contributed by atoms with E-state index in [1.54, 1.807) is 13.0 Å². The predicted octanol–water partition coefficient (Wildman–Crippen LogP) is 1.02. The van der Waals surface area contributed by atoms with E-state index in [1.807, 2.05) is 0 Å². The first-order valence-electron chi connectivity index (χ1n) is 6.10. The second-order valence-corrected chi connectivity index (χ2v) is 4.30. The zero-order valence-corrected chi connectivity index (χ0v) is 11.0. The number of urea groups is 1. The Bertz CT molecular complexity index is 481. The molecular weight excluding hydrogens is 267 g/mol. The fourth-order valence-corrected chi connectivity index (χ4v) is 1.64. The number of amides is 2. The lowest BCUT2D eigenvalue weighted by Gasteiger charge is -2.18. The number of carbonyl (C=O) groups excluding carboxylic acids is 1. The van der Waals surface area contributed by atoms with Crippen molar-refractivity contribution in [2.75, 3.05) is 6.61 Å². The molecule has 7 heteroatoms. The Balaban J connectivity index is 2.59. The second-order valence-electron chi connectivity index (χ2n) is 4.30. The molecule has 6 nitrogen and oxygen atoms in total. The molecule has 0 bridgehead atoms. The molecule has 2 amide bonds. The molecule has 0 heterocycles. The minimum Gasteiger partial charge on any atom is -0.480 e. The first kappa shape index (κ1) is 15.9. The summed E-state index contributed by atoms with van der Waals surface area (Å²) in [5.41, 5.74) is 0.564. The van der Waals surface area contributed by atoms with Gasteiger partial charge in [-0.15, -0.1) is 0 Å². The van der Waals surface area contributed by atoms with Crippen molar-refractivity contribution in [2.24, 2.45) is 0 Å². The van der Waals surface area contributed by atoms with Crippen molar-refractivity contribution in [3.63, 3.8) is 0 Å². The Kier molecular flexibility index (Phi) is 5.92. The monoisotopic (exact) mass is 284 g/mol. The molecule has 1 aromatic rings. The number of nitrogens with one attached hydrogen (secondary N) is 2. The maximum atomic E-state index is 13.0. The molecule has 4 N–H and O–H groups in total. The molecule has 0 saturated heterocycles. The molecule has 0 spiro atoms. The molecule has 0 fully saturated rings. The fourth-order valence-electron chi connectivity index (χ4n) is 1.64. The van der Waals surface area contributed by atoms with Gasteiger partial charge in [0.15, 0.2) is 0 Å². The van der Waals surface area contributed by atoms with Gasteiger partial charge in [0, 0.05) is 13.0 Å². The highest BCUT2D eigenvalue weighted by Crippen LogP contribution is 2.13. The van der Waals surface area contributed by atoms with Crippen molar-refractivity contribution in [3.05, 3.63) is 35.6 Å². The van der Waals surface area contributed by atoms with Crippen LogP contribution in [0.2, 0.25) is 0 Å². The highest BCUT2D eigenvalue weighted by Gasteiger charge is 2.20. The van der Waals surface area contributed by atoms with Gasteiger partial charge in [-0.3, -0.25) is 0 Å². The van der Waals surface area contributed by atoms with Gasteiger partial charge in [0.1, 0.15) is 11.9 Å². The van der Waals surface area contributed by atoms with Crippen LogP contribution in [-0.4, -0.2) is 34.9 Å². The molecule has 20 heavy (non-hydrogen) atoms. The predicted molar refractivity (Wildman–Crippen MR) is 69.6 cm³/mol. The van der Waals surface area contributed by atoms with Gasteiger partial charge in [-0.05, 0) is 24.6 Å². The van der Waals surface area contributed by atoms with Gasteiger partial charge in [0.2, 0.25) is 0 Å². The van der Waals surface area contributed by atoms with E-state index in [-0.39, 0.29) is 13.0 Å². The number of carboxylic acids is 1. The van der Waals surface area contributed by atoms with Crippen LogP contribution in [0, 0.1) is 5.82 Å². The van der Waals surface area contributed by atoms with Crippen LogP contribution in [0.25, 0.3) is 0 Å². The van der Waals surface area contributed by atoms with Crippen molar-refractivity contribution >= 4 is 12.0 Å². The van der Waals surface area contributed by atoms with E-state index in [9.17, 15) is 14.0 Å². The highest BCUT2D eigenvalue weighted by molar-refractivity contribution is 5.82. The summed E-state index contributed by atoms with van der Waals surface area (Å²) in [6.45, 7) is 1.30. The van der Waals surface area contributed by atoms with Crippen LogP contribution in [0.4, 0.5) is 9.18 Å². The summed E-state index contributed by atoms with van der Waals surface area (Å²) in [7, 11) is 0. The van der Waals surface area contributed by atoms with Gasteiger partial charge in [-0.25, -0.2) is 14.0 Å². The van der Waals surface area contributed by atoms with Crippen LogP contribution in [0.15, 0.2) is 24.3 Å². The summed E-state index contributed by atoms with van der Waals surface area (Å²) in [5, 5.41) is 22.3. The van der Waals surface area contributed by atoms with Crippen molar-refractivity contribution in [1.29, 1.82) is 0 Å². The first-order chi connectivity index (χ1) is 9.43. The first-order valence-corrected chi connectivity index (χ1v) is 6.10. The van der Waals surface area contributed by atoms with E-state index < -0.39 is 29.9 Å². The molecule has 0 aliphatic carbocycles. The van der Waals surface area contributed by atoms with E-state index in [0.29, 0.717) is 5.56 Å². The molecule has 0 aliphatic heterocycles. The smallest absolute Gasteiger partial charge is 0.326 e. The molecule has 2 atom stereocenters. The van der Waals surface area contributed by atoms with Gasteiger partial charge >= 0.3 is 12.0 Å². The van der Waals surface area contributed by atoms with Gasteiger partial charge in [-0.2, -0.15) is 0 Å². The van der Waals surface area contributed by atoms with E-state index in [4.69, 9.17) is 10.2 Å². The largest absolute Gasteiger partial charge is 0.480 e. The maximum absolute atomic E-state index is 13.0. The number of halogens is 1. The standard InChI is InChI=1S/C13H17FN2O4/c1-8(9-3-2-4-10(14)7-9)15-13(20)16-11(5-6-17)12(18)19/h2-4,7-8,11,17H,5-6H2,1H3,(H,18,19)(H2,15,16,20)/t8?,11-/m1/s1. The minimum absolute atomic E-state index is 0.0862. The summed E-state index contributed by atoms with van der Waals surface area (Å²) in [4.78, 5) is 22.5. The average molecular weight is 284 g/mol. The SMILES string of the molecule is CC(NC(=O)N[C@H](CCO)C(=O)O)c1cccc(F)c1. The number of aliphatic hydroxyl groups excluding tert-OH is 1. The van der Waals surface area contributed by atoms with Crippen LogP contribution >= 0.6 is 0 Å². The average Bonchev–Trinajstić information content (AvgIpc) is 2.38. The quantitative estimate of drug-likeness (QED) is 0.627.